The largest absolute Gasteiger partial charge is 0.424 e. The predicted octanol–water partition coefficient (Wildman–Crippen LogP) is 6.09. The van der Waals surface area contributed by atoms with Crippen molar-refractivity contribution in [1.29, 1.82) is 0 Å². The number of rotatable bonds is 15. The molecule has 0 spiro atoms. The maximum absolute atomic E-state index is 11.7. The van der Waals surface area contributed by atoms with E-state index in [9.17, 15) is 4.79 Å². The minimum atomic E-state index is -0.300. The number of ether oxygens (including phenoxy) is 2. The second kappa shape index (κ2) is 13.2. The number of esters is 1. The summed E-state index contributed by atoms with van der Waals surface area (Å²) in [5.74, 6) is 0.123. The van der Waals surface area contributed by atoms with Gasteiger partial charge >= 0.3 is 5.97 Å². The molecule has 1 heterocycles. The van der Waals surface area contributed by atoms with Crippen molar-refractivity contribution in [2.45, 2.75) is 96.5 Å². The molecular formula is C21H36O3. The zero-order valence-electron chi connectivity index (χ0n) is 15.8. The Kier molecular flexibility index (Phi) is 11.5. The van der Waals surface area contributed by atoms with Crippen molar-refractivity contribution in [2.24, 2.45) is 0 Å². The molecule has 0 saturated heterocycles. The first kappa shape index (κ1) is 21.0. The molecule has 0 amide bonds. The van der Waals surface area contributed by atoms with E-state index in [1.807, 2.05) is 0 Å². The lowest BCUT2D eigenvalue weighted by molar-refractivity contribution is -0.134. The molecule has 0 aromatic carbocycles. The normalized spacial score (nSPS) is 15.5. The third-order valence-corrected chi connectivity index (χ3v) is 4.73. The van der Waals surface area contributed by atoms with E-state index in [0.29, 0.717) is 11.3 Å². The summed E-state index contributed by atoms with van der Waals surface area (Å²) in [5.41, 5.74) is 0.616. The Bertz CT molecular complexity index is 398. The first-order chi connectivity index (χ1) is 11.7. The molecule has 0 saturated carbocycles. The Morgan fingerprint density at radius 2 is 1.46 bits per heavy atom. The van der Waals surface area contributed by atoms with E-state index in [1.54, 1.807) is 13.2 Å². The SMILES string of the molecule is C=C1C=C([C@H](CCCCCCCCCCCCCC)OC)C(=O)O1. The van der Waals surface area contributed by atoms with Gasteiger partial charge in [0.25, 0.3) is 0 Å². The number of carbonyl (C=O) groups is 1. The van der Waals surface area contributed by atoms with Gasteiger partial charge in [-0.2, -0.15) is 0 Å². The number of methoxy groups -OCH3 is 1. The Morgan fingerprint density at radius 3 is 1.88 bits per heavy atom. The number of hydrogen-bond acceptors (Lipinski definition) is 3. The van der Waals surface area contributed by atoms with Crippen LogP contribution < -0.4 is 0 Å². The van der Waals surface area contributed by atoms with Crippen molar-refractivity contribution in [3.63, 3.8) is 0 Å². The summed E-state index contributed by atoms with van der Waals surface area (Å²) in [6, 6.07) is 0. The molecule has 3 heteroatoms. The van der Waals surface area contributed by atoms with Crippen LogP contribution in [0.5, 0.6) is 0 Å². The van der Waals surface area contributed by atoms with E-state index >= 15 is 0 Å². The van der Waals surface area contributed by atoms with Crippen LogP contribution in [0.4, 0.5) is 0 Å². The minimum Gasteiger partial charge on any atom is -0.424 e. The van der Waals surface area contributed by atoms with Gasteiger partial charge in [0.05, 0.1) is 11.7 Å². The molecule has 0 fully saturated rings. The number of hydrogen-bond donors (Lipinski definition) is 0. The highest BCUT2D eigenvalue weighted by molar-refractivity contribution is 5.93. The maximum atomic E-state index is 11.7. The molecule has 138 valence electrons. The number of carbonyl (C=O) groups excluding carboxylic acids is 1. The molecule has 24 heavy (non-hydrogen) atoms. The van der Waals surface area contributed by atoms with Crippen LogP contribution in [0.1, 0.15) is 90.4 Å². The summed E-state index contributed by atoms with van der Waals surface area (Å²) in [5, 5.41) is 0. The second-order valence-corrected chi connectivity index (χ2v) is 6.86. The average Bonchev–Trinajstić information content (AvgIpc) is 2.90. The molecular weight excluding hydrogens is 300 g/mol. The van der Waals surface area contributed by atoms with Gasteiger partial charge in [-0.05, 0) is 12.5 Å². The van der Waals surface area contributed by atoms with Crippen molar-refractivity contribution in [2.75, 3.05) is 7.11 Å². The van der Waals surface area contributed by atoms with Crippen molar-refractivity contribution >= 4 is 5.97 Å². The van der Waals surface area contributed by atoms with Crippen LogP contribution in [0, 0.1) is 0 Å². The van der Waals surface area contributed by atoms with Gasteiger partial charge in [-0.25, -0.2) is 4.79 Å². The molecule has 0 aliphatic carbocycles. The van der Waals surface area contributed by atoms with Crippen molar-refractivity contribution in [3.05, 3.63) is 24.0 Å². The fourth-order valence-corrected chi connectivity index (χ4v) is 3.24. The minimum absolute atomic E-state index is 0.153. The Balaban J connectivity index is 1.97. The van der Waals surface area contributed by atoms with Crippen molar-refractivity contribution in [1.82, 2.24) is 0 Å². The van der Waals surface area contributed by atoms with E-state index in [2.05, 4.69) is 13.5 Å². The zero-order valence-corrected chi connectivity index (χ0v) is 15.8. The average molecular weight is 337 g/mol. The van der Waals surface area contributed by atoms with Crippen LogP contribution in [-0.2, 0) is 14.3 Å². The summed E-state index contributed by atoms with van der Waals surface area (Å²) in [4.78, 5) is 11.7. The van der Waals surface area contributed by atoms with E-state index < -0.39 is 0 Å². The summed E-state index contributed by atoms with van der Waals surface area (Å²) < 4.78 is 10.4. The zero-order chi connectivity index (χ0) is 17.6. The van der Waals surface area contributed by atoms with E-state index in [-0.39, 0.29) is 12.1 Å². The number of cyclic esters (lactones) is 1. The molecule has 0 radical (unpaired) electrons. The molecule has 1 atom stereocenters. The molecule has 3 nitrogen and oxygen atoms in total. The van der Waals surface area contributed by atoms with Gasteiger partial charge in [-0.3, -0.25) is 0 Å². The van der Waals surface area contributed by atoms with Gasteiger partial charge in [0.1, 0.15) is 5.76 Å². The van der Waals surface area contributed by atoms with Gasteiger partial charge in [0.15, 0.2) is 0 Å². The highest BCUT2D eigenvalue weighted by atomic mass is 16.5. The molecule has 0 unspecified atom stereocenters. The lowest BCUT2D eigenvalue weighted by Crippen LogP contribution is -2.18. The first-order valence-corrected chi connectivity index (χ1v) is 9.84. The highest BCUT2D eigenvalue weighted by Gasteiger charge is 2.27. The predicted molar refractivity (Wildman–Crippen MR) is 99.8 cm³/mol. The van der Waals surface area contributed by atoms with Crippen LogP contribution in [0.3, 0.4) is 0 Å². The van der Waals surface area contributed by atoms with Gasteiger partial charge < -0.3 is 9.47 Å². The molecule has 1 rings (SSSR count). The molecule has 1 aliphatic heterocycles. The quantitative estimate of drug-likeness (QED) is 0.268. The molecule has 0 bridgehead atoms. The summed E-state index contributed by atoms with van der Waals surface area (Å²) >= 11 is 0. The lowest BCUT2D eigenvalue weighted by atomic mass is 10.0. The first-order valence-electron chi connectivity index (χ1n) is 9.84. The van der Waals surface area contributed by atoms with E-state index in [1.165, 1.54) is 70.6 Å². The fraction of sp³-hybridized carbons (Fsp3) is 0.762. The van der Waals surface area contributed by atoms with Gasteiger partial charge in [-0.1, -0.05) is 90.6 Å². The van der Waals surface area contributed by atoms with E-state index in [4.69, 9.17) is 9.47 Å². The summed E-state index contributed by atoms with van der Waals surface area (Å²) in [6.07, 6.45) is 18.4. The number of unbranched alkanes of at least 4 members (excludes halogenated alkanes) is 11. The van der Waals surface area contributed by atoms with Crippen molar-refractivity contribution < 1.29 is 14.3 Å². The van der Waals surface area contributed by atoms with Crippen LogP contribution in [0.15, 0.2) is 24.0 Å². The smallest absolute Gasteiger partial charge is 0.342 e. The summed E-state index contributed by atoms with van der Waals surface area (Å²) in [6.45, 7) is 5.93. The third-order valence-electron chi connectivity index (χ3n) is 4.73. The summed E-state index contributed by atoms with van der Waals surface area (Å²) in [7, 11) is 1.65. The van der Waals surface area contributed by atoms with Crippen molar-refractivity contribution in [3.8, 4) is 0 Å². The molecule has 0 aromatic rings. The van der Waals surface area contributed by atoms with Crippen LogP contribution in [0.25, 0.3) is 0 Å². The molecule has 1 aliphatic rings. The van der Waals surface area contributed by atoms with Gasteiger partial charge in [-0.15, -0.1) is 0 Å². The van der Waals surface area contributed by atoms with Gasteiger partial charge in [0.2, 0.25) is 0 Å². The Morgan fingerprint density at radius 1 is 0.958 bits per heavy atom. The Labute approximate surface area is 148 Å². The topological polar surface area (TPSA) is 35.5 Å². The standard InChI is InChI=1S/C21H36O3/c1-4-5-6-7-8-9-10-11-12-13-14-15-16-20(23-3)19-17-18(2)24-21(19)22/h17,20H,2,4-16H2,1,3H3/t20-/m0/s1. The Hall–Kier alpha value is -1.09. The highest BCUT2D eigenvalue weighted by Crippen LogP contribution is 2.24. The van der Waals surface area contributed by atoms with Crippen LogP contribution in [0.2, 0.25) is 0 Å². The van der Waals surface area contributed by atoms with Gasteiger partial charge in [0, 0.05) is 7.11 Å². The molecule has 0 aromatic heterocycles. The lowest BCUT2D eigenvalue weighted by Gasteiger charge is -2.14. The maximum Gasteiger partial charge on any atom is 0.342 e. The number of allylic oxidation sites excluding steroid dienone is 1. The molecule has 0 N–H and O–H groups in total. The van der Waals surface area contributed by atoms with Crippen LogP contribution >= 0.6 is 0 Å². The third kappa shape index (κ3) is 8.68. The van der Waals surface area contributed by atoms with E-state index in [0.717, 1.165) is 12.8 Å². The second-order valence-electron chi connectivity index (χ2n) is 6.86. The fourth-order valence-electron chi connectivity index (χ4n) is 3.24. The van der Waals surface area contributed by atoms with Crippen LogP contribution in [-0.4, -0.2) is 19.2 Å². The monoisotopic (exact) mass is 336 g/mol.